The van der Waals surface area contributed by atoms with Gasteiger partial charge in [0.15, 0.2) is 0 Å². The van der Waals surface area contributed by atoms with Crippen molar-refractivity contribution in [3.63, 3.8) is 0 Å². The number of amides is 1. The molecule has 2 aromatic carbocycles. The van der Waals surface area contributed by atoms with Gasteiger partial charge in [-0.1, -0.05) is 6.07 Å². The summed E-state index contributed by atoms with van der Waals surface area (Å²) >= 11 is 0.998. The van der Waals surface area contributed by atoms with E-state index in [2.05, 4.69) is 5.32 Å². The summed E-state index contributed by atoms with van der Waals surface area (Å²) in [5, 5.41) is 4.06. The van der Waals surface area contributed by atoms with E-state index in [-0.39, 0.29) is 15.5 Å². The van der Waals surface area contributed by atoms with Gasteiger partial charge in [0, 0.05) is 12.7 Å². The summed E-state index contributed by atoms with van der Waals surface area (Å²) in [7, 11) is -2.57. The normalized spacial score (nSPS) is 11.1. The first-order valence-corrected chi connectivity index (χ1v) is 11.0. The van der Waals surface area contributed by atoms with E-state index in [9.17, 15) is 17.6 Å². The smallest absolute Gasteiger partial charge is 0.267 e. The molecule has 0 aliphatic heterocycles. The van der Waals surface area contributed by atoms with Crippen LogP contribution in [-0.2, 0) is 10.0 Å². The Morgan fingerprint density at radius 3 is 2.55 bits per heavy atom. The van der Waals surface area contributed by atoms with E-state index >= 15 is 0 Å². The Morgan fingerprint density at radius 1 is 1.17 bits per heavy atom. The van der Waals surface area contributed by atoms with Crippen LogP contribution in [0, 0.1) is 5.82 Å². The molecule has 0 aliphatic rings. The van der Waals surface area contributed by atoms with E-state index in [1.807, 2.05) is 6.92 Å². The largest absolute Gasteiger partial charge is 0.494 e. The lowest BCUT2D eigenvalue weighted by molar-refractivity contribution is 0.102. The molecule has 0 aliphatic carbocycles. The third-order valence-electron chi connectivity index (χ3n) is 4.07. The van der Waals surface area contributed by atoms with Crippen LogP contribution in [0.1, 0.15) is 16.6 Å². The van der Waals surface area contributed by atoms with Gasteiger partial charge in [0.25, 0.3) is 15.9 Å². The summed E-state index contributed by atoms with van der Waals surface area (Å²) in [4.78, 5) is 12.5. The zero-order valence-electron chi connectivity index (χ0n) is 15.8. The van der Waals surface area contributed by atoms with Gasteiger partial charge in [-0.2, -0.15) is 0 Å². The van der Waals surface area contributed by atoms with E-state index in [0.717, 1.165) is 21.7 Å². The highest BCUT2D eigenvalue weighted by Gasteiger charge is 2.28. The molecule has 1 aromatic heterocycles. The maximum atomic E-state index is 13.3. The van der Waals surface area contributed by atoms with Gasteiger partial charge in [0.05, 0.1) is 12.3 Å². The SMILES string of the molecule is CCOc1ccc(N(C)S(=O)(=O)c2ccsc2C(=O)Nc2cccc(F)c2)cc1. The second kappa shape index (κ2) is 8.62. The Balaban J connectivity index is 1.86. The number of sulfonamides is 1. The van der Waals surface area contributed by atoms with Crippen molar-refractivity contribution in [3.8, 4) is 5.75 Å². The minimum Gasteiger partial charge on any atom is -0.494 e. The van der Waals surface area contributed by atoms with Crippen LogP contribution < -0.4 is 14.4 Å². The van der Waals surface area contributed by atoms with Crippen LogP contribution in [0.15, 0.2) is 64.9 Å². The summed E-state index contributed by atoms with van der Waals surface area (Å²) in [6.07, 6.45) is 0. The Bertz CT molecular complexity index is 1110. The first-order chi connectivity index (χ1) is 13.8. The molecule has 0 radical (unpaired) electrons. The molecule has 0 atom stereocenters. The lowest BCUT2D eigenvalue weighted by Crippen LogP contribution is -2.28. The molecule has 0 unspecified atom stereocenters. The van der Waals surface area contributed by atoms with Gasteiger partial charge < -0.3 is 10.1 Å². The number of hydrogen-bond acceptors (Lipinski definition) is 5. The van der Waals surface area contributed by atoms with Crippen molar-refractivity contribution >= 4 is 38.6 Å². The molecule has 0 fully saturated rings. The van der Waals surface area contributed by atoms with Gasteiger partial charge in [-0.25, -0.2) is 12.8 Å². The van der Waals surface area contributed by atoms with Crippen LogP contribution in [0.25, 0.3) is 0 Å². The zero-order valence-corrected chi connectivity index (χ0v) is 17.4. The van der Waals surface area contributed by atoms with Gasteiger partial charge in [-0.15, -0.1) is 11.3 Å². The molecule has 1 N–H and O–H groups in total. The van der Waals surface area contributed by atoms with E-state index in [0.29, 0.717) is 18.0 Å². The second-order valence-corrected chi connectivity index (χ2v) is 8.83. The summed E-state index contributed by atoms with van der Waals surface area (Å²) in [5.74, 6) is -0.492. The van der Waals surface area contributed by atoms with Crippen LogP contribution in [0.4, 0.5) is 15.8 Å². The van der Waals surface area contributed by atoms with Crippen molar-refractivity contribution in [3.05, 3.63) is 70.7 Å². The van der Waals surface area contributed by atoms with Crippen molar-refractivity contribution in [2.45, 2.75) is 11.8 Å². The molecule has 0 bridgehead atoms. The lowest BCUT2D eigenvalue weighted by atomic mass is 10.3. The third-order valence-corrected chi connectivity index (χ3v) is 6.94. The van der Waals surface area contributed by atoms with Crippen LogP contribution in [0.2, 0.25) is 0 Å². The highest BCUT2D eigenvalue weighted by molar-refractivity contribution is 7.93. The molecule has 1 amide bonds. The van der Waals surface area contributed by atoms with Crippen molar-refractivity contribution in [1.82, 2.24) is 0 Å². The number of benzene rings is 2. The molecular weight excluding hydrogens is 415 g/mol. The molecule has 0 saturated heterocycles. The number of carbonyl (C=O) groups is 1. The average Bonchev–Trinajstić information content (AvgIpc) is 3.19. The zero-order chi connectivity index (χ0) is 21.0. The Morgan fingerprint density at radius 2 is 1.90 bits per heavy atom. The van der Waals surface area contributed by atoms with E-state index < -0.39 is 21.7 Å². The Kier molecular flexibility index (Phi) is 6.19. The molecule has 3 aromatic rings. The number of nitrogens with one attached hydrogen (secondary N) is 1. The van der Waals surface area contributed by atoms with Crippen molar-refractivity contribution < 1.29 is 22.3 Å². The van der Waals surface area contributed by atoms with Crippen LogP contribution in [-0.4, -0.2) is 28.0 Å². The molecule has 6 nitrogen and oxygen atoms in total. The highest BCUT2D eigenvalue weighted by Crippen LogP contribution is 2.29. The first kappa shape index (κ1) is 20.8. The third kappa shape index (κ3) is 4.57. The Labute approximate surface area is 172 Å². The molecule has 152 valence electrons. The van der Waals surface area contributed by atoms with E-state index in [1.54, 1.807) is 24.3 Å². The highest BCUT2D eigenvalue weighted by atomic mass is 32.2. The van der Waals surface area contributed by atoms with E-state index in [4.69, 9.17) is 4.74 Å². The number of anilines is 2. The average molecular weight is 435 g/mol. The predicted molar refractivity (Wildman–Crippen MR) is 112 cm³/mol. The van der Waals surface area contributed by atoms with Crippen LogP contribution in [0.3, 0.4) is 0 Å². The predicted octanol–water partition coefficient (Wildman–Crippen LogP) is 4.36. The maximum Gasteiger partial charge on any atom is 0.267 e. The quantitative estimate of drug-likeness (QED) is 0.599. The molecule has 1 heterocycles. The summed E-state index contributed by atoms with van der Waals surface area (Å²) in [5.41, 5.74) is 0.669. The van der Waals surface area contributed by atoms with Gasteiger partial charge in [-0.3, -0.25) is 9.10 Å². The number of ether oxygens (including phenoxy) is 1. The first-order valence-electron chi connectivity index (χ1n) is 8.69. The van der Waals surface area contributed by atoms with E-state index in [1.165, 1.54) is 36.7 Å². The van der Waals surface area contributed by atoms with Crippen molar-refractivity contribution in [1.29, 1.82) is 0 Å². The van der Waals surface area contributed by atoms with Gasteiger partial charge >= 0.3 is 0 Å². The number of nitrogens with zero attached hydrogens (tertiary/aromatic N) is 1. The fourth-order valence-corrected chi connectivity index (χ4v) is 5.12. The van der Waals surface area contributed by atoms with Crippen LogP contribution >= 0.6 is 11.3 Å². The number of carbonyl (C=O) groups excluding carboxylic acids is 1. The maximum absolute atomic E-state index is 13.3. The molecule has 9 heteroatoms. The monoisotopic (exact) mass is 434 g/mol. The second-order valence-electron chi connectivity index (χ2n) is 5.98. The standard InChI is InChI=1S/C20H19FN2O4S2/c1-3-27-17-9-7-16(8-10-17)23(2)29(25,26)18-11-12-28-19(18)20(24)22-15-6-4-5-14(21)13-15/h4-13H,3H2,1-2H3,(H,22,24). The molecule has 0 saturated carbocycles. The van der Waals surface area contributed by atoms with Crippen molar-refractivity contribution in [2.24, 2.45) is 0 Å². The van der Waals surface area contributed by atoms with Gasteiger partial charge in [0.2, 0.25) is 0 Å². The van der Waals surface area contributed by atoms with Gasteiger partial charge in [0.1, 0.15) is 21.3 Å². The van der Waals surface area contributed by atoms with Crippen molar-refractivity contribution in [2.75, 3.05) is 23.3 Å². The van der Waals surface area contributed by atoms with Crippen LogP contribution in [0.5, 0.6) is 5.75 Å². The minimum atomic E-state index is -3.98. The summed E-state index contributed by atoms with van der Waals surface area (Å²) in [6.45, 7) is 2.36. The fraction of sp³-hybridized carbons (Fsp3) is 0.150. The van der Waals surface area contributed by atoms with Gasteiger partial charge in [-0.05, 0) is 60.8 Å². The molecular formula is C20H19FN2O4S2. The summed E-state index contributed by atoms with van der Waals surface area (Å²) < 4.78 is 46.0. The summed E-state index contributed by atoms with van der Waals surface area (Å²) in [6, 6.07) is 13.4. The molecule has 3 rings (SSSR count). The lowest BCUT2D eigenvalue weighted by Gasteiger charge is -2.20. The fourth-order valence-electron chi connectivity index (χ4n) is 2.63. The number of halogens is 1. The Hall–Kier alpha value is -2.91. The number of thiophene rings is 1. The number of hydrogen-bond donors (Lipinski definition) is 1. The molecule has 0 spiro atoms. The minimum absolute atomic E-state index is 0.0204. The topological polar surface area (TPSA) is 75.7 Å². The molecule has 29 heavy (non-hydrogen) atoms. The number of rotatable bonds is 7.